The molecule has 128 valence electrons. The first-order valence-electron chi connectivity index (χ1n) is 8.62. The van der Waals surface area contributed by atoms with Crippen LogP contribution in [0.1, 0.15) is 52.0 Å². The Balaban J connectivity index is 1.74. The van der Waals surface area contributed by atoms with Crippen LogP contribution >= 0.6 is 0 Å². The Morgan fingerprint density at radius 1 is 1.30 bits per heavy atom. The van der Waals surface area contributed by atoms with E-state index in [-0.39, 0.29) is 17.4 Å². The second-order valence-electron chi connectivity index (χ2n) is 7.50. The molecule has 23 heavy (non-hydrogen) atoms. The smallest absolute Gasteiger partial charge is 0.220 e. The molecule has 1 saturated carbocycles. The van der Waals surface area contributed by atoms with E-state index in [1.807, 2.05) is 18.2 Å². The van der Waals surface area contributed by atoms with Crippen molar-refractivity contribution in [2.75, 3.05) is 13.2 Å². The average molecular weight is 318 g/mol. The average Bonchev–Trinajstić information content (AvgIpc) is 2.88. The highest BCUT2D eigenvalue weighted by Crippen LogP contribution is 2.30. The number of carbonyl (C=O) groups excluding carboxylic acids is 1. The van der Waals surface area contributed by atoms with Crippen molar-refractivity contribution < 1.29 is 9.53 Å². The van der Waals surface area contributed by atoms with E-state index in [1.54, 1.807) is 0 Å². The molecule has 0 saturated heterocycles. The van der Waals surface area contributed by atoms with Gasteiger partial charge < -0.3 is 15.8 Å². The fraction of sp³-hybridized carbons (Fsp3) is 0.632. The second-order valence-corrected chi connectivity index (χ2v) is 7.50. The van der Waals surface area contributed by atoms with Gasteiger partial charge in [-0.1, -0.05) is 45.4 Å². The predicted octanol–water partition coefficient (Wildman–Crippen LogP) is 3.00. The van der Waals surface area contributed by atoms with E-state index >= 15 is 0 Å². The van der Waals surface area contributed by atoms with E-state index in [4.69, 9.17) is 10.5 Å². The first kappa shape index (κ1) is 17.8. The zero-order chi connectivity index (χ0) is 16.9. The third-order valence-electron chi connectivity index (χ3n) is 4.54. The molecular weight excluding hydrogens is 288 g/mol. The van der Waals surface area contributed by atoms with Crippen molar-refractivity contribution in [1.29, 1.82) is 0 Å². The summed E-state index contributed by atoms with van der Waals surface area (Å²) in [5, 5.41) is 2.94. The molecule has 1 aromatic rings. The van der Waals surface area contributed by atoms with Crippen molar-refractivity contribution in [3.8, 4) is 5.75 Å². The number of amides is 1. The minimum Gasteiger partial charge on any atom is -0.491 e. The SMILES string of the molecule is CC(C)(C)c1ccccc1OCCNC(=O)C[C@@H]1CCC[C@H]1N. The number of carbonyl (C=O) groups is 1. The van der Waals surface area contributed by atoms with Gasteiger partial charge in [-0.2, -0.15) is 0 Å². The molecule has 4 nitrogen and oxygen atoms in total. The van der Waals surface area contributed by atoms with Gasteiger partial charge in [-0.15, -0.1) is 0 Å². The second kappa shape index (κ2) is 7.82. The van der Waals surface area contributed by atoms with Crippen LogP contribution in [-0.2, 0) is 10.2 Å². The summed E-state index contributed by atoms with van der Waals surface area (Å²) in [4.78, 5) is 12.0. The zero-order valence-corrected chi connectivity index (χ0v) is 14.6. The lowest BCUT2D eigenvalue weighted by atomic mass is 9.86. The van der Waals surface area contributed by atoms with E-state index < -0.39 is 0 Å². The van der Waals surface area contributed by atoms with Gasteiger partial charge in [0.15, 0.2) is 0 Å². The highest BCUT2D eigenvalue weighted by atomic mass is 16.5. The maximum Gasteiger partial charge on any atom is 0.220 e. The van der Waals surface area contributed by atoms with Crippen LogP contribution < -0.4 is 15.8 Å². The Hall–Kier alpha value is -1.55. The van der Waals surface area contributed by atoms with Gasteiger partial charge in [-0.05, 0) is 35.8 Å². The highest BCUT2D eigenvalue weighted by Gasteiger charge is 2.25. The Kier molecular flexibility index (Phi) is 6.05. The maximum absolute atomic E-state index is 12.0. The standard InChI is InChI=1S/C19H30N2O2/c1-19(2,3)15-8-4-5-10-17(15)23-12-11-21-18(22)13-14-7-6-9-16(14)20/h4-5,8,10,14,16H,6-7,9,11-13,20H2,1-3H3,(H,21,22)/t14-,16+/m0/s1. The lowest BCUT2D eigenvalue weighted by molar-refractivity contribution is -0.122. The van der Waals surface area contributed by atoms with E-state index in [9.17, 15) is 4.79 Å². The number of hydrogen-bond acceptors (Lipinski definition) is 3. The molecular formula is C19H30N2O2. The molecule has 1 aromatic carbocycles. The molecule has 0 aromatic heterocycles. The minimum absolute atomic E-state index is 0.0401. The molecule has 0 heterocycles. The molecule has 4 heteroatoms. The number of rotatable bonds is 6. The van der Waals surface area contributed by atoms with Crippen LogP contribution in [0.15, 0.2) is 24.3 Å². The maximum atomic E-state index is 12.0. The molecule has 1 aliphatic rings. The van der Waals surface area contributed by atoms with Crippen LogP contribution in [0.3, 0.4) is 0 Å². The molecule has 0 unspecified atom stereocenters. The first-order chi connectivity index (χ1) is 10.9. The number of ether oxygens (including phenoxy) is 1. The van der Waals surface area contributed by atoms with Crippen molar-refractivity contribution in [2.45, 2.75) is 57.9 Å². The summed E-state index contributed by atoms with van der Waals surface area (Å²) in [6.07, 6.45) is 3.81. The van der Waals surface area contributed by atoms with E-state index in [0.717, 1.165) is 25.0 Å². The fourth-order valence-corrected chi connectivity index (χ4v) is 3.19. The van der Waals surface area contributed by atoms with Crippen LogP contribution in [0.5, 0.6) is 5.75 Å². The Labute approximate surface area is 139 Å². The monoisotopic (exact) mass is 318 g/mol. The van der Waals surface area contributed by atoms with Crippen LogP contribution in [0.25, 0.3) is 0 Å². The molecule has 0 spiro atoms. The lowest BCUT2D eigenvalue weighted by Gasteiger charge is -2.22. The first-order valence-corrected chi connectivity index (χ1v) is 8.62. The van der Waals surface area contributed by atoms with Crippen LogP contribution in [0.4, 0.5) is 0 Å². The number of nitrogens with two attached hydrogens (primary N) is 1. The predicted molar refractivity (Wildman–Crippen MR) is 93.6 cm³/mol. The third-order valence-corrected chi connectivity index (χ3v) is 4.54. The van der Waals surface area contributed by atoms with Gasteiger partial charge in [0.2, 0.25) is 5.91 Å². The third kappa shape index (κ3) is 5.24. The van der Waals surface area contributed by atoms with Gasteiger partial charge in [0.25, 0.3) is 0 Å². The Morgan fingerprint density at radius 3 is 2.70 bits per heavy atom. The van der Waals surface area contributed by atoms with E-state index in [2.05, 4.69) is 32.2 Å². The molecule has 2 atom stereocenters. The van der Waals surface area contributed by atoms with Crippen molar-refractivity contribution >= 4 is 5.91 Å². The summed E-state index contributed by atoms with van der Waals surface area (Å²) in [6.45, 7) is 7.51. The fourth-order valence-electron chi connectivity index (χ4n) is 3.19. The quantitative estimate of drug-likeness (QED) is 0.793. The normalized spacial score (nSPS) is 21.2. The van der Waals surface area contributed by atoms with Crippen molar-refractivity contribution in [1.82, 2.24) is 5.32 Å². The molecule has 0 aliphatic heterocycles. The number of hydrogen-bond donors (Lipinski definition) is 2. The molecule has 2 rings (SSSR count). The van der Waals surface area contributed by atoms with E-state index in [0.29, 0.717) is 25.5 Å². The summed E-state index contributed by atoms with van der Waals surface area (Å²) >= 11 is 0. The summed E-state index contributed by atoms with van der Waals surface area (Å²) in [6, 6.07) is 8.27. The summed E-state index contributed by atoms with van der Waals surface area (Å²) in [5.74, 6) is 1.32. The molecule has 0 bridgehead atoms. The molecule has 1 fully saturated rings. The van der Waals surface area contributed by atoms with Crippen LogP contribution in [0.2, 0.25) is 0 Å². The largest absolute Gasteiger partial charge is 0.491 e. The zero-order valence-electron chi connectivity index (χ0n) is 14.6. The summed E-state index contributed by atoms with van der Waals surface area (Å²) < 4.78 is 5.87. The number of nitrogens with one attached hydrogen (secondary N) is 1. The van der Waals surface area contributed by atoms with Crippen molar-refractivity contribution in [3.05, 3.63) is 29.8 Å². The van der Waals surface area contributed by atoms with Gasteiger partial charge in [0.1, 0.15) is 12.4 Å². The molecule has 0 radical (unpaired) electrons. The van der Waals surface area contributed by atoms with Gasteiger partial charge in [-0.3, -0.25) is 4.79 Å². The highest BCUT2D eigenvalue weighted by molar-refractivity contribution is 5.76. The summed E-state index contributed by atoms with van der Waals surface area (Å²) in [7, 11) is 0. The van der Waals surface area contributed by atoms with Crippen LogP contribution in [0, 0.1) is 5.92 Å². The molecule has 3 N–H and O–H groups in total. The van der Waals surface area contributed by atoms with E-state index in [1.165, 1.54) is 5.56 Å². The Bertz CT molecular complexity index is 522. The number of benzene rings is 1. The van der Waals surface area contributed by atoms with Gasteiger partial charge >= 0.3 is 0 Å². The minimum atomic E-state index is 0.0401. The van der Waals surface area contributed by atoms with Gasteiger partial charge in [0, 0.05) is 12.5 Å². The Morgan fingerprint density at radius 2 is 2.04 bits per heavy atom. The van der Waals surface area contributed by atoms with Crippen molar-refractivity contribution in [3.63, 3.8) is 0 Å². The van der Waals surface area contributed by atoms with Crippen molar-refractivity contribution in [2.24, 2.45) is 11.7 Å². The van der Waals surface area contributed by atoms with Gasteiger partial charge in [-0.25, -0.2) is 0 Å². The molecule has 1 aliphatic carbocycles. The molecule has 1 amide bonds. The van der Waals surface area contributed by atoms with Crippen LogP contribution in [-0.4, -0.2) is 25.1 Å². The summed E-state index contributed by atoms with van der Waals surface area (Å²) in [5.41, 5.74) is 7.23. The van der Waals surface area contributed by atoms with Gasteiger partial charge in [0.05, 0.1) is 6.54 Å². The topological polar surface area (TPSA) is 64.3 Å². The number of para-hydroxylation sites is 1. The lowest BCUT2D eigenvalue weighted by Crippen LogP contribution is -2.33.